The van der Waals surface area contributed by atoms with E-state index in [2.05, 4.69) is 59.7 Å². The molecule has 1 unspecified atom stereocenters. The molecule has 3 aliphatic carbocycles. The Labute approximate surface area is 301 Å². The standard InChI is InChI=1S/C38H52Cl2N8O/c1-6-45-15-19-47(20-16-45)37-43-34-24-29(9-10-30(34)35(49)48(37)12-11-26-7-8-28(39)23-32(26)40)41-36(46-17-13-44(5)14-18-46)42-33-22-27-21-31(25(33)2)38(27,3)4/h7-10,23-25,27,31,33H,6,11-22H2,1-5H3,(H,41,42)/t25-,27-,31?,33-/m0/s1. The number of hydrogen-bond acceptors (Lipinski definition) is 6. The Morgan fingerprint density at radius 1 is 1.00 bits per heavy atom. The van der Waals surface area contributed by atoms with Gasteiger partial charge in [-0.3, -0.25) is 9.36 Å². The molecule has 2 aliphatic heterocycles. The van der Waals surface area contributed by atoms with E-state index >= 15 is 0 Å². The number of guanidine groups is 1. The minimum absolute atomic E-state index is 0.0274. The normalized spacial score (nSPS) is 26.2. The lowest BCUT2D eigenvalue weighted by molar-refractivity contribution is -0.108. The van der Waals surface area contributed by atoms with E-state index in [9.17, 15) is 4.79 Å². The van der Waals surface area contributed by atoms with Crippen LogP contribution in [0, 0.1) is 23.2 Å². The van der Waals surface area contributed by atoms with Crippen molar-refractivity contribution in [2.24, 2.45) is 28.2 Å². The molecule has 2 bridgehead atoms. The van der Waals surface area contributed by atoms with Gasteiger partial charge in [-0.2, -0.15) is 0 Å². The van der Waals surface area contributed by atoms with Gasteiger partial charge in [0.25, 0.3) is 5.56 Å². The van der Waals surface area contributed by atoms with Gasteiger partial charge in [0.15, 0.2) is 5.96 Å². The maximum atomic E-state index is 14.2. The van der Waals surface area contributed by atoms with Crippen molar-refractivity contribution in [2.45, 2.75) is 59.5 Å². The highest BCUT2D eigenvalue weighted by atomic mass is 35.5. The first-order valence-electron chi connectivity index (χ1n) is 18.3. The van der Waals surface area contributed by atoms with Gasteiger partial charge in [0.05, 0.1) is 16.9 Å². The number of halogens is 2. The number of piperazine rings is 2. The van der Waals surface area contributed by atoms with Crippen LogP contribution in [0.3, 0.4) is 0 Å². The smallest absolute Gasteiger partial charge is 0.262 e. The van der Waals surface area contributed by atoms with Crippen molar-refractivity contribution in [3.05, 3.63) is 62.4 Å². The zero-order valence-electron chi connectivity index (χ0n) is 29.8. The lowest BCUT2D eigenvalue weighted by atomic mass is 9.45. The third kappa shape index (κ3) is 6.93. The third-order valence-electron chi connectivity index (χ3n) is 12.3. The van der Waals surface area contributed by atoms with Crippen LogP contribution in [0.4, 0.5) is 11.6 Å². The molecule has 3 aromatic rings. The second kappa shape index (κ2) is 14.0. The Kier molecular flexibility index (Phi) is 9.92. The van der Waals surface area contributed by atoms with E-state index in [4.69, 9.17) is 33.2 Å². The number of aromatic nitrogens is 2. The molecule has 4 atom stereocenters. The second-order valence-corrected chi connectivity index (χ2v) is 16.2. The molecule has 2 saturated heterocycles. The van der Waals surface area contributed by atoms with E-state index in [1.807, 2.05) is 34.9 Å². The quantitative estimate of drug-likeness (QED) is 0.233. The number of nitrogens with one attached hydrogen (secondary N) is 1. The summed E-state index contributed by atoms with van der Waals surface area (Å²) >= 11 is 12.7. The third-order valence-corrected chi connectivity index (χ3v) is 12.9. The van der Waals surface area contributed by atoms with Gasteiger partial charge in [0.2, 0.25) is 5.95 Å². The highest BCUT2D eigenvalue weighted by Gasteiger charge is 2.56. The van der Waals surface area contributed by atoms with Gasteiger partial charge in [0.1, 0.15) is 0 Å². The topological polar surface area (TPSA) is 72.2 Å². The fraction of sp³-hybridized carbons (Fsp3) is 0.605. The number of hydrogen-bond donors (Lipinski definition) is 1. The van der Waals surface area contributed by atoms with Gasteiger partial charge in [-0.1, -0.05) is 57.0 Å². The number of benzene rings is 2. The fourth-order valence-electron chi connectivity index (χ4n) is 8.74. The maximum absolute atomic E-state index is 14.2. The molecule has 5 aliphatic rings. The Balaban J connectivity index is 1.21. The van der Waals surface area contributed by atoms with E-state index in [-0.39, 0.29) is 5.56 Å². The second-order valence-electron chi connectivity index (χ2n) is 15.4. The van der Waals surface area contributed by atoms with Crippen molar-refractivity contribution in [1.82, 2.24) is 24.3 Å². The van der Waals surface area contributed by atoms with Crippen LogP contribution in [0.15, 0.2) is 46.2 Å². The van der Waals surface area contributed by atoms with Crippen molar-refractivity contribution in [2.75, 3.05) is 76.2 Å². The van der Waals surface area contributed by atoms with Crippen LogP contribution < -0.4 is 15.8 Å². The summed E-state index contributed by atoms with van der Waals surface area (Å²) in [5.74, 6) is 3.71. The summed E-state index contributed by atoms with van der Waals surface area (Å²) in [5, 5.41) is 5.58. The molecule has 9 nitrogen and oxygen atoms in total. The highest BCUT2D eigenvalue weighted by Crippen LogP contribution is 2.61. The molecule has 11 heteroatoms. The average molecular weight is 708 g/mol. The van der Waals surface area contributed by atoms with Crippen molar-refractivity contribution in [3.8, 4) is 0 Å². The molecule has 3 heterocycles. The average Bonchev–Trinajstić information content (AvgIpc) is 3.09. The molecule has 0 amide bonds. The first kappa shape index (κ1) is 34.6. The van der Waals surface area contributed by atoms with Crippen molar-refractivity contribution < 1.29 is 0 Å². The first-order chi connectivity index (χ1) is 23.5. The minimum atomic E-state index is -0.0274. The van der Waals surface area contributed by atoms with Gasteiger partial charge < -0.3 is 24.9 Å². The number of rotatable bonds is 7. The van der Waals surface area contributed by atoms with Gasteiger partial charge >= 0.3 is 0 Å². The predicted molar refractivity (Wildman–Crippen MR) is 204 cm³/mol. The van der Waals surface area contributed by atoms with Crippen LogP contribution in [0.2, 0.25) is 10.0 Å². The molecule has 5 fully saturated rings. The lowest BCUT2D eigenvalue weighted by Gasteiger charge is -2.61. The summed E-state index contributed by atoms with van der Waals surface area (Å²) in [7, 11) is 2.19. The number of aliphatic imine (C=N–C) groups is 1. The first-order valence-corrected chi connectivity index (χ1v) is 19.0. The van der Waals surface area contributed by atoms with Gasteiger partial charge in [0, 0.05) is 74.6 Å². The molecular weight excluding hydrogens is 655 g/mol. The van der Waals surface area contributed by atoms with Crippen molar-refractivity contribution in [3.63, 3.8) is 0 Å². The summed E-state index contributed by atoms with van der Waals surface area (Å²) in [5.41, 5.74) is 2.98. The number of nitrogens with zero attached hydrogens (tertiary/aromatic N) is 7. The monoisotopic (exact) mass is 706 g/mol. The summed E-state index contributed by atoms with van der Waals surface area (Å²) in [4.78, 5) is 34.5. The number of likely N-dealkylation sites (N-methyl/N-ethyl adjacent to an activating group) is 2. The van der Waals surface area contributed by atoms with E-state index in [0.717, 1.165) is 100 Å². The molecule has 49 heavy (non-hydrogen) atoms. The Bertz CT molecular complexity index is 1760. The zero-order valence-corrected chi connectivity index (χ0v) is 31.3. The number of aryl methyl sites for hydroxylation is 1. The van der Waals surface area contributed by atoms with Gasteiger partial charge in [-0.25, -0.2) is 9.98 Å². The van der Waals surface area contributed by atoms with Crippen LogP contribution in [-0.4, -0.2) is 102 Å². The Morgan fingerprint density at radius 2 is 1.76 bits per heavy atom. The lowest BCUT2D eigenvalue weighted by Crippen LogP contribution is -2.57. The van der Waals surface area contributed by atoms with Crippen LogP contribution in [-0.2, 0) is 13.0 Å². The number of anilines is 2. The summed E-state index contributed by atoms with van der Waals surface area (Å²) in [6, 6.07) is 11.9. The highest BCUT2D eigenvalue weighted by molar-refractivity contribution is 6.35. The molecule has 264 valence electrons. The molecule has 1 aromatic heterocycles. The molecule has 8 rings (SSSR count). The van der Waals surface area contributed by atoms with E-state index < -0.39 is 0 Å². The van der Waals surface area contributed by atoms with Crippen molar-refractivity contribution in [1.29, 1.82) is 0 Å². The van der Waals surface area contributed by atoms with E-state index in [1.54, 1.807) is 6.07 Å². The Hall–Kier alpha value is -2.85. The molecule has 0 radical (unpaired) electrons. The number of fused-ring (bicyclic) bond motifs is 3. The molecule has 1 N–H and O–H groups in total. The molecule has 0 spiro atoms. The fourth-order valence-corrected chi connectivity index (χ4v) is 9.24. The van der Waals surface area contributed by atoms with Crippen LogP contribution in [0.5, 0.6) is 0 Å². The van der Waals surface area contributed by atoms with Gasteiger partial charge in [-0.05, 0) is 91.9 Å². The minimum Gasteiger partial charge on any atom is -0.340 e. The van der Waals surface area contributed by atoms with E-state index in [0.29, 0.717) is 51.3 Å². The van der Waals surface area contributed by atoms with Crippen molar-refractivity contribution >= 4 is 51.7 Å². The van der Waals surface area contributed by atoms with Crippen LogP contribution in [0.25, 0.3) is 10.9 Å². The van der Waals surface area contributed by atoms with Crippen LogP contribution >= 0.6 is 23.2 Å². The molecule has 3 saturated carbocycles. The molecular formula is C38H52Cl2N8O. The summed E-state index contributed by atoms with van der Waals surface area (Å²) in [6.45, 7) is 18.4. The SMILES string of the molecule is CCN1CCN(c2nc3cc(N/C(=N/[C@H]4C[C@@H]5CC([C@@H]4C)C5(C)C)N4CCN(C)CC4)ccc3c(=O)n2CCc2ccc(Cl)cc2Cl)CC1. The molecule has 2 aromatic carbocycles. The predicted octanol–water partition coefficient (Wildman–Crippen LogP) is 6.17. The van der Waals surface area contributed by atoms with E-state index in [1.165, 1.54) is 6.42 Å². The van der Waals surface area contributed by atoms with Gasteiger partial charge in [-0.15, -0.1) is 0 Å². The Morgan fingerprint density at radius 3 is 2.43 bits per heavy atom. The summed E-state index contributed by atoms with van der Waals surface area (Å²) < 4.78 is 1.84. The largest absolute Gasteiger partial charge is 0.340 e. The maximum Gasteiger partial charge on any atom is 0.262 e. The zero-order chi connectivity index (χ0) is 34.4. The van der Waals surface area contributed by atoms with Crippen LogP contribution in [0.1, 0.15) is 46.1 Å². The summed E-state index contributed by atoms with van der Waals surface area (Å²) in [6.07, 6.45) is 3.10.